The summed E-state index contributed by atoms with van der Waals surface area (Å²) in [6.45, 7) is 11.0. The molecule has 1 rings (SSSR count). The van der Waals surface area contributed by atoms with Crippen molar-refractivity contribution in [2.45, 2.75) is 6.92 Å². The second kappa shape index (κ2) is 6.62. The van der Waals surface area contributed by atoms with Crippen LogP contribution in [0.5, 0.6) is 0 Å². The van der Waals surface area contributed by atoms with Gasteiger partial charge >= 0.3 is 0 Å². The molecule has 0 bridgehead atoms. The third-order valence-electron chi connectivity index (χ3n) is 2.20. The Morgan fingerprint density at radius 2 is 1.81 bits per heavy atom. The SMILES string of the molecule is C=CCN(C=Nc1ccccc1C)CC=C. The molecule has 0 aliphatic carbocycles. The maximum Gasteiger partial charge on any atom is 0.0918 e. The van der Waals surface area contributed by atoms with Crippen molar-refractivity contribution < 1.29 is 0 Å². The summed E-state index contributed by atoms with van der Waals surface area (Å²) in [5.41, 5.74) is 2.18. The molecular weight excluding hydrogens is 196 g/mol. The average Bonchev–Trinajstić information content (AvgIpc) is 2.28. The van der Waals surface area contributed by atoms with Crippen LogP contribution in [0.4, 0.5) is 5.69 Å². The highest BCUT2D eigenvalue weighted by Gasteiger charge is 1.95. The number of rotatable bonds is 6. The summed E-state index contributed by atoms with van der Waals surface area (Å²) in [5.74, 6) is 0. The van der Waals surface area contributed by atoms with E-state index in [0.717, 1.165) is 18.8 Å². The molecule has 2 heteroatoms. The minimum absolute atomic E-state index is 0.779. The monoisotopic (exact) mass is 214 g/mol. The largest absolute Gasteiger partial charge is 0.355 e. The molecule has 0 amide bonds. The van der Waals surface area contributed by atoms with E-state index in [9.17, 15) is 0 Å². The van der Waals surface area contributed by atoms with Gasteiger partial charge in [0.25, 0.3) is 0 Å². The minimum atomic E-state index is 0.779. The van der Waals surface area contributed by atoms with E-state index >= 15 is 0 Å². The number of benzene rings is 1. The van der Waals surface area contributed by atoms with E-state index in [-0.39, 0.29) is 0 Å². The Morgan fingerprint density at radius 1 is 1.19 bits per heavy atom. The summed E-state index contributed by atoms with van der Waals surface area (Å²) in [6.07, 6.45) is 5.55. The van der Waals surface area contributed by atoms with Gasteiger partial charge < -0.3 is 4.90 Å². The molecule has 0 aliphatic rings. The standard InChI is InChI=1S/C14H18N2/c1-4-10-16(11-5-2)12-15-14-9-7-6-8-13(14)3/h4-9,12H,1-2,10-11H2,3H3. The summed E-state index contributed by atoms with van der Waals surface area (Å²) in [7, 11) is 0. The first-order chi connectivity index (χ1) is 7.77. The number of hydrogen-bond acceptors (Lipinski definition) is 1. The Morgan fingerprint density at radius 3 is 2.38 bits per heavy atom. The van der Waals surface area contributed by atoms with E-state index in [1.807, 2.05) is 41.6 Å². The molecule has 16 heavy (non-hydrogen) atoms. The van der Waals surface area contributed by atoms with Crippen molar-refractivity contribution in [3.8, 4) is 0 Å². The van der Waals surface area contributed by atoms with Gasteiger partial charge in [0.2, 0.25) is 0 Å². The summed E-state index contributed by atoms with van der Waals surface area (Å²) in [5, 5.41) is 0. The first kappa shape index (κ1) is 12.2. The normalized spacial score (nSPS) is 10.3. The molecule has 0 saturated heterocycles. The van der Waals surface area contributed by atoms with Gasteiger partial charge in [-0.3, -0.25) is 0 Å². The summed E-state index contributed by atoms with van der Waals surface area (Å²) >= 11 is 0. The lowest BCUT2D eigenvalue weighted by Gasteiger charge is -2.14. The molecule has 0 spiro atoms. The van der Waals surface area contributed by atoms with Gasteiger partial charge in [-0.05, 0) is 18.6 Å². The molecule has 0 saturated carbocycles. The highest BCUT2D eigenvalue weighted by atomic mass is 15.1. The quantitative estimate of drug-likeness (QED) is 0.403. The van der Waals surface area contributed by atoms with Crippen molar-refractivity contribution >= 4 is 12.0 Å². The van der Waals surface area contributed by atoms with E-state index in [0.29, 0.717) is 0 Å². The Balaban J connectivity index is 2.73. The van der Waals surface area contributed by atoms with Crippen LogP contribution in [0.2, 0.25) is 0 Å². The van der Waals surface area contributed by atoms with Crippen molar-refractivity contribution in [1.82, 2.24) is 4.90 Å². The zero-order valence-corrected chi connectivity index (χ0v) is 9.76. The predicted molar refractivity (Wildman–Crippen MR) is 71.3 cm³/mol. The first-order valence-corrected chi connectivity index (χ1v) is 5.33. The van der Waals surface area contributed by atoms with Gasteiger partial charge in [0.15, 0.2) is 0 Å². The van der Waals surface area contributed by atoms with E-state index in [2.05, 4.69) is 31.1 Å². The number of hydrogen-bond donors (Lipinski definition) is 0. The highest BCUT2D eigenvalue weighted by Crippen LogP contribution is 2.16. The van der Waals surface area contributed by atoms with E-state index in [1.54, 1.807) is 0 Å². The van der Waals surface area contributed by atoms with Gasteiger partial charge in [-0.25, -0.2) is 4.99 Å². The number of nitrogens with zero attached hydrogens (tertiary/aromatic N) is 2. The molecule has 0 heterocycles. The van der Waals surface area contributed by atoms with Crippen molar-refractivity contribution in [2.24, 2.45) is 4.99 Å². The maximum atomic E-state index is 4.45. The van der Waals surface area contributed by atoms with Gasteiger partial charge in [-0.2, -0.15) is 0 Å². The van der Waals surface area contributed by atoms with Crippen molar-refractivity contribution in [3.05, 3.63) is 55.1 Å². The van der Waals surface area contributed by atoms with Gasteiger partial charge in [-0.1, -0.05) is 30.4 Å². The molecule has 84 valence electrons. The second-order valence-corrected chi connectivity index (χ2v) is 3.56. The van der Waals surface area contributed by atoms with Gasteiger partial charge in [0.05, 0.1) is 12.0 Å². The van der Waals surface area contributed by atoms with E-state index in [4.69, 9.17) is 0 Å². The molecular formula is C14H18N2. The van der Waals surface area contributed by atoms with Crippen LogP contribution in [0.25, 0.3) is 0 Å². The fraction of sp³-hybridized carbons (Fsp3) is 0.214. The van der Waals surface area contributed by atoms with Crippen LogP contribution in [-0.2, 0) is 0 Å². The molecule has 1 aromatic carbocycles. The Bertz CT molecular complexity index is 370. The molecule has 0 unspecified atom stereocenters. The van der Waals surface area contributed by atoms with Crippen LogP contribution in [0.15, 0.2) is 54.6 Å². The fourth-order valence-corrected chi connectivity index (χ4v) is 1.35. The number of aryl methyl sites for hydroxylation is 1. The highest BCUT2D eigenvalue weighted by molar-refractivity contribution is 5.63. The topological polar surface area (TPSA) is 15.6 Å². The van der Waals surface area contributed by atoms with Gasteiger partial charge in [0.1, 0.15) is 0 Å². The zero-order chi connectivity index (χ0) is 11.8. The van der Waals surface area contributed by atoms with Crippen LogP contribution >= 0.6 is 0 Å². The third kappa shape index (κ3) is 3.73. The molecule has 0 atom stereocenters. The first-order valence-electron chi connectivity index (χ1n) is 5.33. The van der Waals surface area contributed by atoms with Crippen LogP contribution < -0.4 is 0 Å². The lowest BCUT2D eigenvalue weighted by atomic mass is 10.2. The van der Waals surface area contributed by atoms with Gasteiger partial charge in [-0.15, -0.1) is 13.2 Å². The summed E-state index contributed by atoms with van der Waals surface area (Å²) < 4.78 is 0. The smallest absolute Gasteiger partial charge is 0.0918 e. The number of aliphatic imine (C=N–C) groups is 1. The molecule has 0 radical (unpaired) electrons. The zero-order valence-electron chi connectivity index (χ0n) is 9.76. The molecule has 0 N–H and O–H groups in total. The predicted octanol–water partition coefficient (Wildman–Crippen LogP) is 3.33. The van der Waals surface area contributed by atoms with Crippen molar-refractivity contribution in [3.63, 3.8) is 0 Å². The van der Waals surface area contributed by atoms with Crippen molar-refractivity contribution in [1.29, 1.82) is 0 Å². The molecule has 1 aromatic rings. The van der Waals surface area contributed by atoms with E-state index < -0.39 is 0 Å². The Hall–Kier alpha value is -1.83. The third-order valence-corrected chi connectivity index (χ3v) is 2.20. The fourth-order valence-electron chi connectivity index (χ4n) is 1.35. The maximum absolute atomic E-state index is 4.45. The summed E-state index contributed by atoms with van der Waals surface area (Å²) in [4.78, 5) is 6.50. The lowest BCUT2D eigenvalue weighted by molar-refractivity contribution is 0.529. The average molecular weight is 214 g/mol. The van der Waals surface area contributed by atoms with Crippen LogP contribution in [0, 0.1) is 6.92 Å². The molecule has 0 aliphatic heterocycles. The summed E-state index contributed by atoms with van der Waals surface area (Å²) in [6, 6.07) is 8.06. The Labute approximate surface area is 97.6 Å². The molecule has 2 nitrogen and oxygen atoms in total. The van der Waals surface area contributed by atoms with Crippen LogP contribution in [0.3, 0.4) is 0 Å². The Kier molecular flexibility index (Phi) is 5.06. The van der Waals surface area contributed by atoms with Crippen molar-refractivity contribution in [2.75, 3.05) is 13.1 Å². The number of para-hydroxylation sites is 1. The van der Waals surface area contributed by atoms with Crippen LogP contribution in [-0.4, -0.2) is 24.3 Å². The second-order valence-electron chi connectivity index (χ2n) is 3.56. The van der Waals surface area contributed by atoms with Gasteiger partial charge in [0, 0.05) is 13.1 Å². The molecule has 0 fully saturated rings. The lowest BCUT2D eigenvalue weighted by Crippen LogP contribution is -2.21. The van der Waals surface area contributed by atoms with E-state index in [1.165, 1.54) is 5.56 Å². The van der Waals surface area contributed by atoms with Crippen LogP contribution in [0.1, 0.15) is 5.56 Å². The minimum Gasteiger partial charge on any atom is -0.355 e. The molecule has 0 aromatic heterocycles.